The van der Waals surface area contributed by atoms with Crippen LogP contribution in [0.25, 0.3) is 5.69 Å². The number of methoxy groups -OCH3 is 1. The lowest BCUT2D eigenvalue weighted by molar-refractivity contribution is -0.144. The average Bonchev–Trinajstić information content (AvgIpc) is 3.42. The minimum absolute atomic E-state index is 0.162. The fraction of sp³-hybridized carbons (Fsp3) is 0.312. The van der Waals surface area contributed by atoms with E-state index in [-0.39, 0.29) is 12.5 Å². The van der Waals surface area contributed by atoms with Gasteiger partial charge in [-0.05, 0) is 105 Å². The first-order valence-electron chi connectivity index (χ1n) is 13.5. The highest BCUT2D eigenvalue weighted by Gasteiger charge is 2.31. The molecule has 1 aromatic heterocycles. The molecule has 0 aliphatic heterocycles. The smallest absolute Gasteiger partial charge is 0.416 e. The molecular weight excluding hydrogens is 547 g/mol. The van der Waals surface area contributed by atoms with Gasteiger partial charge < -0.3 is 19.9 Å². The van der Waals surface area contributed by atoms with E-state index in [9.17, 15) is 23.1 Å². The number of nitrogens with one attached hydrogen (secondary N) is 1. The van der Waals surface area contributed by atoms with Crippen molar-refractivity contribution in [2.45, 2.75) is 51.9 Å². The molecule has 10 heteroatoms. The fourth-order valence-corrected chi connectivity index (χ4v) is 4.92. The van der Waals surface area contributed by atoms with E-state index in [2.05, 4.69) is 10.4 Å². The van der Waals surface area contributed by atoms with Crippen LogP contribution in [0.3, 0.4) is 0 Å². The van der Waals surface area contributed by atoms with Crippen LogP contribution < -0.4 is 14.8 Å². The van der Waals surface area contributed by atoms with Crippen molar-refractivity contribution in [1.29, 1.82) is 0 Å². The van der Waals surface area contributed by atoms with Crippen molar-refractivity contribution in [3.8, 4) is 17.2 Å². The number of aromatic nitrogens is 2. The summed E-state index contributed by atoms with van der Waals surface area (Å²) in [4.78, 5) is 11.3. The van der Waals surface area contributed by atoms with Gasteiger partial charge in [0.05, 0.1) is 18.4 Å². The van der Waals surface area contributed by atoms with E-state index >= 15 is 0 Å². The lowest BCUT2D eigenvalue weighted by atomic mass is 9.93. The Balaban J connectivity index is 1.69. The minimum atomic E-state index is -4.48. The molecular formula is C32H34F3N3O4. The second-order valence-electron chi connectivity index (χ2n) is 10.1. The van der Waals surface area contributed by atoms with Gasteiger partial charge in [-0.15, -0.1) is 0 Å². The minimum Gasteiger partial charge on any atom is -0.497 e. The largest absolute Gasteiger partial charge is 0.497 e. The Hall–Kier alpha value is -4.31. The number of benzene rings is 3. The van der Waals surface area contributed by atoms with Crippen molar-refractivity contribution in [2.24, 2.45) is 0 Å². The van der Waals surface area contributed by atoms with Crippen molar-refractivity contribution in [1.82, 2.24) is 15.1 Å². The molecule has 0 aliphatic carbocycles. The van der Waals surface area contributed by atoms with E-state index < -0.39 is 23.8 Å². The predicted molar refractivity (Wildman–Crippen MR) is 154 cm³/mol. The van der Waals surface area contributed by atoms with Crippen molar-refractivity contribution < 1.29 is 32.5 Å². The molecule has 0 spiro atoms. The summed E-state index contributed by atoms with van der Waals surface area (Å²) < 4.78 is 53.6. The molecule has 2 atom stereocenters. The number of carboxylic acid groups (broad SMARTS) is 1. The van der Waals surface area contributed by atoms with Gasteiger partial charge in [-0.1, -0.05) is 18.2 Å². The van der Waals surface area contributed by atoms with Crippen LogP contribution in [-0.4, -0.2) is 41.1 Å². The third kappa shape index (κ3) is 6.76. The summed E-state index contributed by atoms with van der Waals surface area (Å²) in [6.07, 6.45) is -3.07. The molecule has 2 unspecified atom stereocenters. The SMILES string of the molecule is CNC(Cc1ccnn1-c1ccc(C(F)(F)F)cc1Cc1ccc(OC)cc1)c1ccc(OC(C)C(=O)O)c(C)c1C. The molecule has 0 aliphatic rings. The summed E-state index contributed by atoms with van der Waals surface area (Å²) in [6.45, 7) is 5.31. The van der Waals surface area contributed by atoms with Crippen LogP contribution >= 0.6 is 0 Å². The van der Waals surface area contributed by atoms with E-state index in [0.29, 0.717) is 29.2 Å². The number of likely N-dealkylation sites (N-methyl/N-ethyl adjacent to an activating group) is 1. The zero-order valence-corrected chi connectivity index (χ0v) is 24.1. The van der Waals surface area contributed by atoms with Gasteiger partial charge in [0.25, 0.3) is 0 Å². The van der Waals surface area contributed by atoms with Gasteiger partial charge in [0.1, 0.15) is 11.5 Å². The van der Waals surface area contributed by atoms with Gasteiger partial charge in [-0.25, -0.2) is 9.48 Å². The molecule has 2 N–H and O–H groups in total. The number of hydrogen-bond acceptors (Lipinski definition) is 5. The highest BCUT2D eigenvalue weighted by molar-refractivity contribution is 5.72. The summed E-state index contributed by atoms with van der Waals surface area (Å²) in [6, 6.07) is 16.3. The molecule has 7 nitrogen and oxygen atoms in total. The second kappa shape index (κ2) is 12.7. The molecule has 42 heavy (non-hydrogen) atoms. The van der Waals surface area contributed by atoms with E-state index in [0.717, 1.165) is 34.0 Å². The molecule has 0 bridgehead atoms. The number of alkyl halides is 3. The lowest BCUT2D eigenvalue weighted by Gasteiger charge is -2.23. The Labute approximate surface area is 242 Å². The molecule has 1 heterocycles. The Morgan fingerprint density at radius 1 is 1.05 bits per heavy atom. The Morgan fingerprint density at radius 2 is 1.76 bits per heavy atom. The summed E-state index contributed by atoms with van der Waals surface area (Å²) in [5.41, 5.74) is 4.75. The first kappa shape index (κ1) is 30.6. The van der Waals surface area contributed by atoms with Gasteiger partial charge in [0.15, 0.2) is 6.10 Å². The van der Waals surface area contributed by atoms with Gasteiger partial charge in [-0.3, -0.25) is 0 Å². The van der Waals surface area contributed by atoms with E-state index in [1.54, 1.807) is 36.2 Å². The first-order valence-corrected chi connectivity index (χ1v) is 13.5. The zero-order chi connectivity index (χ0) is 30.6. The summed E-state index contributed by atoms with van der Waals surface area (Å²) in [5, 5.41) is 17.1. The molecule has 4 rings (SSSR count). The third-order valence-electron chi connectivity index (χ3n) is 7.48. The molecule has 0 saturated carbocycles. The predicted octanol–water partition coefficient (Wildman–Crippen LogP) is 6.46. The number of rotatable bonds is 11. The summed E-state index contributed by atoms with van der Waals surface area (Å²) in [5.74, 6) is 0.114. The summed E-state index contributed by atoms with van der Waals surface area (Å²) in [7, 11) is 3.40. The standard InChI is InChI=1S/C32H34F3N3O4/c1-19-20(2)30(42-21(3)31(39)40)13-11-27(19)28(36-4)18-25-14-15-37-38(25)29-12-8-24(32(33,34)35)17-23(29)16-22-6-9-26(41-5)10-7-22/h6-15,17,21,28,36H,16,18H2,1-5H3,(H,39,40). The van der Waals surface area contributed by atoms with Crippen molar-refractivity contribution in [3.05, 3.63) is 106 Å². The number of aliphatic carboxylic acids is 1. The van der Waals surface area contributed by atoms with Crippen LogP contribution in [0.15, 0.2) is 66.9 Å². The van der Waals surface area contributed by atoms with E-state index in [4.69, 9.17) is 9.47 Å². The summed E-state index contributed by atoms with van der Waals surface area (Å²) >= 11 is 0. The quantitative estimate of drug-likeness (QED) is 0.211. The van der Waals surface area contributed by atoms with Crippen molar-refractivity contribution in [3.63, 3.8) is 0 Å². The first-order chi connectivity index (χ1) is 19.9. The van der Waals surface area contributed by atoms with Gasteiger partial charge in [-0.2, -0.15) is 18.3 Å². The Morgan fingerprint density at radius 3 is 2.38 bits per heavy atom. The maximum atomic E-state index is 13.7. The van der Waals surface area contributed by atoms with E-state index in [1.807, 2.05) is 45.2 Å². The van der Waals surface area contributed by atoms with Crippen LogP contribution in [0, 0.1) is 13.8 Å². The monoisotopic (exact) mass is 581 g/mol. The fourth-order valence-electron chi connectivity index (χ4n) is 4.92. The van der Waals surface area contributed by atoms with Crippen LogP contribution in [0.2, 0.25) is 0 Å². The normalized spacial score (nSPS) is 13.0. The van der Waals surface area contributed by atoms with Gasteiger partial charge in [0, 0.05) is 24.4 Å². The van der Waals surface area contributed by atoms with Crippen LogP contribution in [0.4, 0.5) is 13.2 Å². The molecule has 0 radical (unpaired) electrons. The number of nitrogens with zero attached hydrogens (tertiary/aromatic N) is 2. The zero-order valence-electron chi connectivity index (χ0n) is 24.1. The maximum Gasteiger partial charge on any atom is 0.416 e. The number of carboxylic acids is 1. The molecule has 222 valence electrons. The number of halogens is 3. The Bertz CT molecular complexity index is 1550. The average molecular weight is 582 g/mol. The molecule has 0 fully saturated rings. The second-order valence-corrected chi connectivity index (χ2v) is 10.1. The number of carbonyl (C=O) groups is 1. The van der Waals surface area contributed by atoms with E-state index in [1.165, 1.54) is 19.1 Å². The number of ether oxygens (including phenoxy) is 2. The van der Waals surface area contributed by atoms with Gasteiger partial charge in [0.2, 0.25) is 0 Å². The van der Waals surface area contributed by atoms with Crippen molar-refractivity contribution >= 4 is 5.97 Å². The van der Waals surface area contributed by atoms with Gasteiger partial charge >= 0.3 is 12.1 Å². The highest BCUT2D eigenvalue weighted by Crippen LogP contribution is 2.34. The Kier molecular flexibility index (Phi) is 9.26. The van der Waals surface area contributed by atoms with Crippen LogP contribution in [-0.2, 0) is 23.8 Å². The molecule has 3 aromatic carbocycles. The number of hydrogen-bond donors (Lipinski definition) is 2. The molecule has 4 aromatic rings. The lowest BCUT2D eigenvalue weighted by Crippen LogP contribution is -2.24. The molecule has 0 saturated heterocycles. The topological polar surface area (TPSA) is 85.6 Å². The maximum absolute atomic E-state index is 13.7. The molecule has 0 amide bonds. The van der Waals surface area contributed by atoms with Crippen LogP contribution in [0.1, 0.15) is 52.0 Å². The van der Waals surface area contributed by atoms with Crippen LogP contribution in [0.5, 0.6) is 11.5 Å². The third-order valence-corrected chi connectivity index (χ3v) is 7.48. The van der Waals surface area contributed by atoms with Crippen molar-refractivity contribution in [2.75, 3.05) is 14.2 Å². The highest BCUT2D eigenvalue weighted by atomic mass is 19.4.